The van der Waals surface area contributed by atoms with E-state index in [4.69, 9.17) is 0 Å². The van der Waals surface area contributed by atoms with E-state index < -0.39 is 16.3 Å². The molecule has 1 heterocycles. The highest BCUT2D eigenvalue weighted by Crippen LogP contribution is 2.29. The fourth-order valence-corrected chi connectivity index (χ4v) is 3.35. The van der Waals surface area contributed by atoms with Gasteiger partial charge in [0.25, 0.3) is 0 Å². The fourth-order valence-electron chi connectivity index (χ4n) is 2.28. The van der Waals surface area contributed by atoms with Gasteiger partial charge in [0.05, 0.1) is 10.6 Å². The van der Waals surface area contributed by atoms with Crippen LogP contribution >= 0.6 is 0 Å². The molecule has 0 amide bonds. The molecule has 114 valence electrons. The Labute approximate surface area is 127 Å². The summed E-state index contributed by atoms with van der Waals surface area (Å²) in [6.45, 7) is 0. The summed E-state index contributed by atoms with van der Waals surface area (Å²) < 4.78 is 39.7. The molecule has 1 aliphatic carbocycles. The second-order valence-corrected chi connectivity index (χ2v) is 6.58. The van der Waals surface area contributed by atoms with Crippen molar-refractivity contribution in [3.63, 3.8) is 0 Å². The molecule has 1 unspecified atom stereocenters. The minimum absolute atomic E-state index is 0.0456. The molecule has 1 aliphatic heterocycles. The van der Waals surface area contributed by atoms with E-state index in [0.717, 1.165) is 0 Å². The highest BCUT2D eigenvalue weighted by atomic mass is 32.2. The number of nitrogens with zero attached hydrogens (tertiary/aromatic N) is 1. The van der Waals surface area contributed by atoms with Gasteiger partial charge >= 0.3 is 0 Å². The highest BCUT2D eigenvalue weighted by molar-refractivity contribution is 7.89. The first-order valence-electron chi connectivity index (χ1n) is 6.57. The molecule has 0 aromatic heterocycles. The van der Waals surface area contributed by atoms with Crippen LogP contribution in [0.3, 0.4) is 0 Å². The number of aliphatic hydroxyl groups is 1. The first-order chi connectivity index (χ1) is 10.5. The number of fused-ring (bicyclic) bond motifs is 1. The van der Waals surface area contributed by atoms with Gasteiger partial charge < -0.3 is 5.11 Å². The van der Waals surface area contributed by atoms with Crippen LogP contribution in [0.4, 0.5) is 4.39 Å². The van der Waals surface area contributed by atoms with Gasteiger partial charge in [-0.3, -0.25) is 4.99 Å². The molecule has 1 aromatic carbocycles. The summed E-state index contributed by atoms with van der Waals surface area (Å²) in [6.07, 6.45) is 2.71. The van der Waals surface area contributed by atoms with Gasteiger partial charge in [-0.05, 0) is 18.2 Å². The number of aliphatic hydroxyl groups excluding tert-OH is 1. The first kappa shape index (κ1) is 14.8. The van der Waals surface area contributed by atoms with Gasteiger partial charge in [0.15, 0.2) is 0 Å². The summed E-state index contributed by atoms with van der Waals surface area (Å²) in [6, 6.07) is 7.74. The summed E-state index contributed by atoms with van der Waals surface area (Å²) in [7, 11) is -3.85. The quantitative estimate of drug-likeness (QED) is 0.830. The Morgan fingerprint density at radius 2 is 1.95 bits per heavy atom. The second kappa shape index (κ2) is 5.60. The molecule has 1 aromatic rings. The van der Waals surface area contributed by atoms with Crippen molar-refractivity contribution < 1.29 is 17.9 Å². The van der Waals surface area contributed by atoms with Crippen LogP contribution in [0.5, 0.6) is 0 Å². The van der Waals surface area contributed by atoms with E-state index in [0.29, 0.717) is 16.9 Å². The topological polar surface area (TPSA) is 78.8 Å². The van der Waals surface area contributed by atoms with E-state index in [9.17, 15) is 17.9 Å². The van der Waals surface area contributed by atoms with E-state index in [1.807, 2.05) is 0 Å². The zero-order valence-corrected chi connectivity index (χ0v) is 12.2. The van der Waals surface area contributed by atoms with Gasteiger partial charge in [0.2, 0.25) is 10.0 Å². The van der Waals surface area contributed by atoms with Gasteiger partial charge in [-0.25, -0.2) is 12.8 Å². The van der Waals surface area contributed by atoms with Crippen molar-refractivity contribution in [2.45, 2.75) is 17.5 Å². The number of allylic oxidation sites excluding steroid dienone is 3. The average molecular weight is 320 g/mol. The Kier molecular flexibility index (Phi) is 3.78. The number of sulfonamides is 1. The van der Waals surface area contributed by atoms with E-state index in [1.54, 1.807) is 18.2 Å². The number of halogens is 1. The molecule has 7 heteroatoms. The summed E-state index contributed by atoms with van der Waals surface area (Å²) in [4.78, 5) is 4.08. The summed E-state index contributed by atoms with van der Waals surface area (Å²) in [5, 5.41) is 10.2. The molecule has 0 fully saturated rings. The average Bonchev–Trinajstić information content (AvgIpc) is 2.90. The summed E-state index contributed by atoms with van der Waals surface area (Å²) in [5.41, 5.74) is 1.33. The lowest BCUT2D eigenvalue weighted by Crippen LogP contribution is -2.36. The minimum atomic E-state index is -3.85. The Morgan fingerprint density at radius 1 is 1.23 bits per heavy atom. The van der Waals surface area contributed by atoms with Crippen LogP contribution < -0.4 is 4.72 Å². The smallest absolute Gasteiger partial charge is 0.242 e. The van der Waals surface area contributed by atoms with Crippen molar-refractivity contribution in [2.75, 3.05) is 0 Å². The third kappa shape index (κ3) is 2.78. The largest absolute Gasteiger partial charge is 0.373 e. The van der Waals surface area contributed by atoms with E-state index >= 15 is 0 Å². The number of hydrogen-bond donors (Lipinski definition) is 2. The molecule has 2 aliphatic rings. The third-order valence-corrected chi connectivity index (χ3v) is 4.79. The van der Waals surface area contributed by atoms with Crippen LogP contribution in [-0.2, 0) is 10.0 Å². The van der Waals surface area contributed by atoms with Gasteiger partial charge in [-0.15, -0.1) is 0 Å². The van der Waals surface area contributed by atoms with Crippen molar-refractivity contribution in [3.8, 4) is 0 Å². The number of benzene rings is 1. The predicted octanol–water partition coefficient (Wildman–Crippen LogP) is 1.81. The maximum Gasteiger partial charge on any atom is 0.242 e. The lowest BCUT2D eigenvalue weighted by Gasteiger charge is -2.17. The van der Waals surface area contributed by atoms with Crippen LogP contribution in [0.2, 0.25) is 0 Å². The predicted molar refractivity (Wildman–Crippen MR) is 80.2 cm³/mol. The molecule has 0 saturated carbocycles. The van der Waals surface area contributed by atoms with E-state index in [-0.39, 0.29) is 17.1 Å². The molecule has 22 heavy (non-hydrogen) atoms. The van der Waals surface area contributed by atoms with Crippen LogP contribution in [-0.4, -0.2) is 25.5 Å². The molecule has 5 nitrogen and oxygen atoms in total. The third-order valence-electron chi connectivity index (χ3n) is 3.36. The molecule has 0 spiro atoms. The minimum Gasteiger partial charge on any atom is -0.373 e. The maximum absolute atomic E-state index is 13.2. The van der Waals surface area contributed by atoms with E-state index in [1.165, 1.54) is 30.5 Å². The Balaban J connectivity index is 1.81. The summed E-state index contributed by atoms with van der Waals surface area (Å²) >= 11 is 0. The molecule has 1 atom stereocenters. The number of aliphatic imine (C=N–C) groups is 1. The molecule has 0 saturated heterocycles. The van der Waals surface area contributed by atoms with Gasteiger partial charge in [0.1, 0.15) is 12.1 Å². The molecule has 3 rings (SSSR count). The van der Waals surface area contributed by atoms with Crippen molar-refractivity contribution >= 4 is 15.7 Å². The molecule has 0 bridgehead atoms. The number of hydrogen-bond acceptors (Lipinski definition) is 4. The fraction of sp³-hybridized carbons (Fsp3) is 0.133. The molecule has 0 radical (unpaired) electrons. The van der Waals surface area contributed by atoms with Gasteiger partial charge in [0, 0.05) is 23.8 Å². The Morgan fingerprint density at radius 3 is 2.68 bits per heavy atom. The highest BCUT2D eigenvalue weighted by Gasteiger charge is 2.28. The standard InChI is InChI=1S/C15H13FN2O3S/c16-10-6-7-12-13(9-17-14(12)8-10)15(19)18-22(20,21)11-4-2-1-3-5-11/h1-7,9,15,18-19H,8H2. The Hall–Kier alpha value is -2.09. The van der Waals surface area contributed by atoms with Crippen molar-refractivity contribution in [1.29, 1.82) is 0 Å². The number of rotatable bonds is 4. The van der Waals surface area contributed by atoms with Gasteiger partial charge in [-0.1, -0.05) is 24.3 Å². The lowest BCUT2D eigenvalue weighted by atomic mass is 9.96. The molecule has 2 N–H and O–H groups in total. The molecular weight excluding hydrogens is 307 g/mol. The van der Waals surface area contributed by atoms with Gasteiger partial charge in [-0.2, -0.15) is 4.72 Å². The normalized spacial score (nSPS) is 18.8. The van der Waals surface area contributed by atoms with Crippen LogP contribution in [0, 0.1) is 0 Å². The van der Waals surface area contributed by atoms with Crippen LogP contribution in [0.1, 0.15) is 6.42 Å². The van der Waals surface area contributed by atoms with Crippen molar-refractivity contribution in [1.82, 2.24) is 4.72 Å². The maximum atomic E-state index is 13.2. The Bertz CT molecular complexity index is 824. The zero-order valence-electron chi connectivity index (χ0n) is 11.4. The lowest BCUT2D eigenvalue weighted by molar-refractivity contribution is 0.203. The SMILES string of the molecule is O=S(=O)(NC(O)C1=CN=C2CC(F)=CC=C12)c1ccccc1. The second-order valence-electron chi connectivity index (χ2n) is 4.87. The monoisotopic (exact) mass is 320 g/mol. The van der Waals surface area contributed by atoms with Crippen molar-refractivity contribution in [3.05, 3.63) is 65.7 Å². The summed E-state index contributed by atoms with van der Waals surface area (Å²) in [5.74, 6) is -0.323. The zero-order chi connectivity index (χ0) is 15.7. The van der Waals surface area contributed by atoms with Crippen molar-refractivity contribution in [2.24, 2.45) is 4.99 Å². The van der Waals surface area contributed by atoms with E-state index in [2.05, 4.69) is 9.71 Å². The number of nitrogens with one attached hydrogen (secondary N) is 1. The van der Waals surface area contributed by atoms with Crippen LogP contribution in [0.25, 0.3) is 0 Å². The van der Waals surface area contributed by atoms with Crippen LogP contribution in [0.15, 0.2) is 75.5 Å². The molecular formula is C15H13FN2O3S. The first-order valence-corrected chi connectivity index (χ1v) is 8.05.